The fraction of sp³-hybridized carbons (Fsp3) is 0.652. The molecule has 1 atom stereocenters. The molecule has 0 aliphatic carbocycles. The van der Waals surface area contributed by atoms with Crippen LogP contribution < -0.4 is 0 Å². The van der Waals surface area contributed by atoms with E-state index >= 15 is 0 Å². The van der Waals surface area contributed by atoms with Gasteiger partial charge in [-0.05, 0) is 122 Å². The van der Waals surface area contributed by atoms with Crippen molar-refractivity contribution >= 4 is 17.9 Å². The minimum atomic E-state index is -0.799. The molecule has 0 aromatic heterocycles. The van der Waals surface area contributed by atoms with Gasteiger partial charge in [0.15, 0.2) is 6.10 Å². The van der Waals surface area contributed by atoms with E-state index in [0.717, 1.165) is 161 Å². The molecule has 0 bridgehead atoms. The lowest BCUT2D eigenvalue weighted by Crippen LogP contribution is -2.30. The summed E-state index contributed by atoms with van der Waals surface area (Å²) < 4.78 is 16.8. The molecule has 0 saturated carbocycles. The molecule has 0 radical (unpaired) electrons. The van der Waals surface area contributed by atoms with Gasteiger partial charge in [0.25, 0.3) is 0 Å². The van der Waals surface area contributed by atoms with E-state index in [2.05, 4.69) is 142 Å². The highest BCUT2D eigenvalue weighted by atomic mass is 16.6. The van der Waals surface area contributed by atoms with E-state index in [9.17, 15) is 14.4 Å². The zero-order valence-corrected chi connectivity index (χ0v) is 46.7. The largest absolute Gasteiger partial charge is 0.462 e. The maximum absolute atomic E-state index is 12.9. The molecule has 0 N–H and O–H groups in total. The van der Waals surface area contributed by atoms with Gasteiger partial charge in [-0.15, -0.1) is 0 Å². The molecular weight excluding hydrogens is 889 g/mol. The summed E-state index contributed by atoms with van der Waals surface area (Å²) in [5, 5.41) is 0. The first-order valence-corrected chi connectivity index (χ1v) is 29.5. The molecule has 0 aromatic rings. The molecule has 6 nitrogen and oxygen atoms in total. The molecule has 0 saturated heterocycles. The Bertz CT molecular complexity index is 1520. The normalized spacial score (nSPS) is 13.0. The van der Waals surface area contributed by atoms with Crippen molar-refractivity contribution in [1.29, 1.82) is 0 Å². The van der Waals surface area contributed by atoms with Gasteiger partial charge in [0.2, 0.25) is 0 Å². The van der Waals surface area contributed by atoms with Crippen LogP contribution in [0.25, 0.3) is 0 Å². The summed E-state index contributed by atoms with van der Waals surface area (Å²) in [6, 6.07) is 0. The van der Waals surface area contributed by atoms with E-state index in [1.807, 2.05) is 0 Å². The van der Waals surface area contributed by atoms with Crippen LogP contribution in [0, 0.1) is 0 Å². The number of carbonyl (C=O) groups is 3. The van der Waals surface area contributed by atoms with E-state index in [-0.39, 0.29) is 31.1 Å². The van der Waals surface area contributed by atoms with Crippen LogP contribution in [0.3, 0.4) is 0 Å². The number of hydrogen-bond donors (Lipinski definition) is 0. The van der Waals surface area contributed by atoms with Gasteiger partial charge >= 0.3 is 17.9 Å². The van der Waals surface area contributed by atoms with Crippen LogP contribution in [0.15, 0.2) is 122 Å². The van der Waals surface area contributed by atoms with Crippen LogP contribution >= 0.6 is 0 Å². The van der Waals surface area contributed by atoms with Crippen LogP contribution in [0.2, 0.25) is 0 Å². The zero-order valence-electron chi connectivity index (χ0n) is 46.7. The van der Waals surface area contributed by atoms with Crippen LogP contribution in [-0.2, 0) is 28.6 Å². The lowest BCUT2D eigenvalue weighted by molar-refractivity contribution is -0.167. The van der Waals surface area contributed by atoms with Crippen LogP contribution in [0.5, 0.6) is 0 Å². The van der Waals surface area contributed by atoms with Gasteiger partial charge in [0.1, 0.15) is 13.2 Å². The van der Waals surface area contributed by atoms with Crippen molar-refractivity contribution in [2.75, 3.05) is 13.2 Å². The first kappa shape index (κ1) is 67.8. The minimum Gasteiger partial charge on any atom is -0.462 e. The molecule has 0 amide bonds. The topological polar surface area (TPSA) is 78.9 Å². The molecule has 0 aliphatic rings. The zero-order chi connectivity index (χ0) is 52.2. The molecule has 0 aromatic carbocycles. The molecule has 0 spiro atoms. The van der Waals surface area contributed by atoms with Crippen molar-refractivity contribution < 1.29 is 28.6 Å². The van der Waals surface area contributed by atoms with Crippen LogP contribution in [0.1, 0.15) is 258 Å². The second-order valence-corrected chi connectivity index (χ2v) is 19.1. The first-order valence-electron chi connectivity index (χ1n) is 29.5. The third kappa shape index (κ3) is 56.7. The first-order chi connectivity index (χ1) is 35.5. The molecule has 1 unspecified atom stereocenters. The smallest absolute Gasteiger partial charge is 0.306 e. The number of allylic oxidation sites excluding steroid dienone is 20. The van der Waals surface area contributed by atoms with E-state index in [4.69, 9.17) is 14.2 Å². The number of rotatable bonds is 52. The fourth-order valence-corrected chi connectivity index (χ4v) is 7.79. The van der Waals surface area contributed by atoms with Crippen molar-refractivity contribution in [2.45, 2.75) is 264 Å². The third-order valence-electron chi connectivity index (χ3n) is 12.2. The fourth-order valence-electron chi connectivity index (χ4n) is 7.79. The van der Waals surface area contributed by atoms with Crippen LogP contribution in [0.4, 0.5) is 0 Å². The number of esters is 3. The van der Waals surface area contributed by atoms with Gasteiger partial charge in [0, 0.05) is 19.3 Å². The molecule has 6 heteroatoms. The van der Waals surface area contributed by atoms with Crippen molar-refractivity contribution in [2.24, 2.45) is 0 Å². The third-order valence-corrected chi connectivity index (χ3v) is 12.2. The van der Waals surface area contributed by atoms with Gasteiger partial charge < -0.3 is 14.2 Å². The highest BCUT2D eigenvalue weighted by Crippen LogP contribution is 2.14. The highest BCUT2D eigenvalue weighted by Gasteiger charge is 2.19. The van der Waals surface area contributed by atoms with Crippen molar-refractivity contribution in [3.63, 3.8) is 0 Å². The standard InChI is InChI=1S/C66H108O6/c1-4-7-10-13-16-19-22-25-28-29-30-31-32-33-34-35-36-37-39-41-44-47-50-53-56-59-65(68)71-62-63(61-70-64(67)58-55-52-49-46-43-40-27-24-21-18-15-12-9-6-3)72-66(69)60-57-54-51-48-45-42-38-26-23-20-17-14-11-8-5-2/h7-8,10-11,15-20,24-28,30-31,33-34,38,63H,4-6,9,12-14,21-23,29,32,35-37,39-62H2,1-3H3/b10-7-,11-8-,18-15-,19-16-,20-17-,27-24-,28-25-,31-30-,34-33-,38-26-. The summed E-state index contributed by atoms with van der Waals surface area (Å²) in [5.74, 6) is -0.933. The summed E-state index contributed by atoms with van der Waals surface area (Å²) in [7, 11) is 0. The highest BCUT2D eigenvalue weighted by molar-refractivity contribution is 5.71. The van der Waals surface area contributed by atoms with Gasteiger partial charge in [0.05, 0.1) is 0 Å². The van der Waals surface area contributed by atoms with Crippen LogP contribution in [-0.4, -0.2) is 37.2 Å². The monoisotopic (exact) mass is 997 g/mol. The quantitative estimate of drug-likeness (QED) is 0.0261. The second kappa shape index (κ2) is 59.4. The Balaban J connectivity index is 4.38. The maximum atomic E-state index is 12.9. The van der Waals surface area contributed by atoms with E-state index in [1.54, 1.807) is 0 Å². The Labute approximate surface area is 443 Å². The molecule has 0 rings (SSSR count). The van der Waals surface area contributed by atoms with Gasteiger partial charge in [-0.1, -0.05) is 239 Å². The van der Waals surface area contributed by atoms with Crippen molar-refractivity contribution in [3.8, 4) is 0 Å². The molecule has 72 heavy (non-hydrogen) atoms. The molecular formula is C66H108O6. The number of carbonyl (C=O) groups excluding carboxylic acids is 3. The summed E-state index contributed by atoms with van der Waals surface area (Å²) >= 11 is 0. The van der Waals surface area contributed by atoms with Gasteiger partial charge in [-0.25, -0.2) is 0 Å². The maximum Gasteiger partial charge on any atom is 0.306 e. The average molecular weight is 998 g/mol. The summed E-state index contributed by atoms with van der Waals surface area (Å²) in [5.41, 5.74) is 0. The van der Waals surface area contributed by atoms with E-state index < -0.39 is 6.10 Å². The van der Waals surface area contributed by atoms with E-state index in [1.165, 1.54) is 57.8 Å². The Kier molecular flexibility index (Phi) is 55.9. The lowest BCUT2D eigenvalue weighted by atomic mass is 10.1. The van der Waals surface area contributed by atoms with Crippen molar-refractivity contribution in [1.82, 2.24) is 0 Å². The molecule has 0 fully saturated rings. The summed E-state index contributed by atoms with van der Waals surface area (Å²) in [4.78, 5) is 38.2. The SMILES string of the molecule is CC/C=C\C/C=C\C/C=C\C/C=C\C/C=C\CCCCCCCCCCCC(=O)OCC(COC(=O)CCCCCCC/C=C\C/C=C\CCCC)OC(=O)CCCCCCC/C=C\C/C=C\C/C=C\CC. The summed E-state index contributed by atoms with van der Waals surface area (Å²) in [6.45, 7) is 6.34. The van der Waals surface area contributed by atoms with Gasteiger partial charge in [-0.3, -0.25) is 14.4 Å². The summed E-state index contributed by atoms with van der Waals surface area (Å²) in [6.07, 6.45) is 81.9. The van der Waals surface area contributed by atoms with Crippen molar-refractivity contribution in [3.05, 3.63) is 122 Å². The number of hydrogen-bond acceptors (Lipinski definition) is 6. The molecule has 0 aliphatic heterocycles. The van der Waals surface area contributed by atoms with E-state index in [0.29, 0.717) is 19.3 Å². The number of unbranched alkanes of at least 4 members (excludes halogenated alkanes) is 21. The Morgan fingerprint density at radius 3 is 0.847 bits per heavy atom. The lowest BCUT2D eigenvalue weighted by Gasteiger charge is -2.18. The Hall–Kier alpha value is -4.19. The second-order valence-electron chi connectivity index (χ2n) is 19.1. The van der Waals surface area contributed by atoms with Gasteiger partial charge in [-0.2, -0.15) is 0 Å². The number of ether oxygens (including phenoxy) is 3. The average Bonchev–Trinajstić information content (AvgIpc) is 3.38. The minimum absolute atomic E-state index is 0.0955. The Morgan fingerprint density at radius 2 is 0.542 bits per heavy atom. The Morgan fingerprint density at radius 1 is 0.292 bits per heavy atom. The molecule has 408 valence electrons. The predicted molar refractivity (Wildman–Crippen MR) is 311 cm³/mol. The predicted octanol–water partition coefficient (Wildman–Crippen LogP) is 20.0. The molecule has 0 heterocycles.